The van der Waals surface area contributed by atoms with E-state index in [1.165, 1.54) is 89.0 Å². The molecule has 0 unspecified atom stereocenters. The van der Waals surface area contributed by atoms with Crippen molar-refractivity contribution in [3.63, 3.8) is 0 Å². The van der Waals surface area contributed by atoms with Gasteiger partial charge < -0.3 is 30.2 Å². The first-order valence-electron chi connectivity index (χ1n) is 56.4. The summed E-state index contributed by atoms with van der Waals surface area (Å²) in [6.07, 6.45) is 26.7. The molecule has 4 N–H and O–H groups in total. The maximum atomic E-state index is 13.0. The average Bonchev–Trinajstić information content (AvgIpc) is 1.53. The van der Waals surface area contributed by atoms with E-state index in [4.69, 9.17) is 0 Å². The fourth-order valence-electron chi connectivity index (χ4n) is 34.8. The number of benzene rings is 10. The normalized spacial score (nSPS) is 21.3. The Bertz CT molecular complexity index is 5780. The van der Waals surface area contributed by atoms with E-state index >= 15 is 0 Å². The Morgan fingerprint density at radius 3 is 0.465 bits per heavy atom. The van der Waals surface area contributed by atoms with Crippen LogP contribution in [0.1, 0.15) is 476 Å². The molecule has 9 aliphatic carbocycles. The molecule has 10 aromatic rings. The maximum Gasteiger partial charge on any atom is 0.139 e. The lowest BCUT2D eigenvalue weighted by Gasteiger charge is -2.33. The Hall–Kier alpha value is -9.52. The summed E-state index contributed by atoms with van der Waals surface area (Å²) in [5.74, 6) is -0.593. The van der Waals surface area contributed by atoms with Crippen molar-refractivity contribution in [3.05, 3.63) is 269 Å². The van der Waals surface area contributed by atoms with E-state index in [0.717, 1.165) is 188 Å². The summed E-state index contributed by atoms with van der Waals surface area (Å²) in [5, 5.41) is 51.7. The van der Waals surface area contributed by atoms with Gasteiger partial charge in [-0.3, -0.25) is 0 Å². The molecule has 0 aromatic heterocycles. The van der Waals surface area contributed by atoms with Gasteiger partial charge in [-0.05, 0) is 447 Å². The predicted molar refractivity (Wildman–Crippen MR) is 606 cm³/mol. The molecule has 0 radical (unpaired) electrons. The third-order valence-electron chi connectivity index (χ3n) is 42.0. The van der Waals surface area contributed by atoms with Crippen LogP contribution in [0.25, 0.3) is 55.7 Å². The van der Waals surface area contributed by atoms with Crippen LogP contribution in [0, 0.1) is 0 Å². The molecule has 142 heavy (non-hydrogen) atoms. The average molecular weight is 1900 g/mol. The van der Waals surface area contributed by atoms with Crippen molar-refractivity contribution < 1.29 is 20.4 Å². The van der Waals surface area contributed by atoms with Crippen LogP contribution in [0.5, 0.6) is 11.5 Å². The Morgan fingerprint density at radius 1 is 0.190 bits per heavy atom. The molecule has 6 nitrogen and oxygen atoms in total. The van der Waals surface area contributed by atoms with Crippen LogP contribution in [-0.4, -0.2) is 20.4 Å². The Morgan fingerprint density at radius 2 is 0.331 bits per heavy atom. The van der Waals surface area contributed by atoms with Crippen LogP contribution >= 0.6 is 0 Å². The lowest BCUT2D eigenvalue weighted by molar-refractivity contribution is 0.322. The van der Waals surface area contributed by atoms with Gasteiger partial charge in [0.1, 0.15) is 23.0 Å². The van der Waals surface area contributed by atoms with Crippen molar-refractivity contribution in [3.8, 4) is 56.0 Å². The van der Waals surface area contributed by atoms with Crippen LogP contribution in [0.4, 0.5) is 34.1 Å². The largest absolute Gasteiger partial charge is 0.507 e. The lowest BCUT2D eigenvalue weighted by Crippen LogP contribution is -2.26. The molecule has 0 fully saturated rings. The van der Waals surface area contributed by atoms with Crippen molar-refractivity contribution in [2.24, 2.45) is 0 Å². The second-order valence-electron chi connectivity index (χ2n) is 52.5. The van der Waals surface area contributed by atoms with Gasteiger partial charge in [0.25, 0.3) is 0 Å². The minimum Gasteiger partial charge on any atom is -0.507 e. The third kappa shape index (κ3) is 14.2. The van der Waals surface area contributed by atoms with E-state index < -0.39 is 0 Å². The number of hydrogen-bond donors (Lipinski definition) is 4. The smallest absolute Gasteiger partial charge is 0.139 e. The van der Waals surface area contributed by atoms with E-state index in [9.17, 15) is 20.4 Å². The minimum absolute atomic E-state index is 0.0561. The molecular formula is C136H174N2O4. The lowest BCUT2D eigenvalue weighted by atomic mass is 9.72. The summed E-state index contributed by atoms with van der Waals surface area (Å²) in [5.41, 5.74) is 41.8. The SMILES string of the molecule is CCC1(CC)CC(C)(C)c2c1cc1c(c2-c2ccc(N(c3ccc(-c4c5c(cc6c4C(C)(C)CC6(CC)CC)C(CC)(CC)CC5(C)C)cc3)c3ccc(C4=C(O)C(c5ccc(N(c6ccc(-c7c8c(cc9c7C(C)(C)CC9(CC)CC)C(CC)(CC)CC8(C)C)cc6)c6ccc(-c7c8c(cc9c7C(C)(C)CC9(CC)CC)C(CC)(CC)CC8(C)C)cc6)cc5O)=C4O)c(O)c3)cc2)C(C)(C)CC1(CC)CC. The minimum atomic E-state index is -0.202. The number of aliphatic hydroxyl groups is 2. The molecule has 0 spiro atoms. The number of nitrogens with zero attached hydrogens (tertiary/aromatic N) is 2. The van der Waals surface area contributed by atoms with E-state index in [1.807, 2.05) is 24.3 Å². The van der Waals surface area contributed by atoms with Gasteiger partial charge in [0.15, 0.2) is 0 Å². The zero-order valence-electron chi connectivity index (χ0n) is 93.7. The number of rotatable bonds is 28. The molecule has 6 heteroatoms. The topological polar surface area (TPSA) is 87.4 Å². The number of aliphatic hydroxyl groups excluding tert-OH is 2. The molecule has 0 atom stereocenters. The molecule has 0 aliphatic heterocycles. The molecule has 0 saturated heterocycles. The van der Waals surface area contributed by atoms with Crippen molar-refractivity contribution in [2.75, 3.05) is 9.80 Å². The molecular weight excluding hydrogens is 1730 g/mol. The highest BCUT2D eigenvalue weighted by molar-refractivity contribution is 6.08. The van der Waals surface area contributed by atoms with Gasteiger partial charge in [-0.2, -0.15) is 0 Å². The Balaban J connectivity index is 0.736. The Kier molecular flexibility index (Phi) is 24.2. The molecule has 752 valence electrons. The first-order chi connectivity index (χ1) is 67.0. The molecule has 0 bridgehead atoms. The Labute approximate surface area is 857 Å². The zero-order valence-corrected chi connectivity index (χ0v) is 93.7. The van der Waals surface area contributed by atoms with Gasteiger partial charge in [0.05, 0.1) is 11.1 Å². The second kappa shape index (κ2) is 34.0. The quantitative estimate of drug-likeness (QED) is 0.0391. The fourth-order valence-corrected chi connectivity index (χ4v) is 34.8. The van der Waals surface area contributed by atoms with Crippen molar-refractivity contribution in [1.29, 1.82) is 0 Å². The van der Waals surface area contributed by atoms with Crippen molar-refractivity contribution in [1.82, 2.24) is 0 Å². The summed E-state index contributed by atoms with van der Waals surface area (Å²) >= 11 is 0. The van der Waals surface area contributed by atoms with Crippen LogP contribution in [0.3, 0.4) is 0 Å². The number of aromatic hydroxyl groups is 2. The summed E-state index contributed by atoms with van der Waals surface area (Å²) in [7, 11) is 0. The monoisotopic (exact) mass is 1900 g/mol. The highest BCUT2D eigenvalue weighted by Crippen LogP contribution is 2.71. The summed E-state index contributed by atoms with van der Waals surface area (Å²) in [4.78, 5) is 4.58. The van der Waals surface area contributed by atoms with Crippen LogP contribution < -0.4 is 9.80 Å². The van der Waals surface area contributed by atoms with Crippen LogP contribution in [0.2, 0.25) is 0 Å². The number of fused-ring (bicyclic) bond motifs is 8. The molecule has 0 saturated carbocycles. The van der Waals surface area contributed by atoms with E-state index in [2.05, 4.69) is 353 Å². The molecule has 9 aliphatic rings. The standard InChI is InChI=1S/C136H174N2O4/c1-33-129(34-2)75-121(17,18)111-95(129)71-96-112(122(19,20)76-130(96,35-3)36-4)105(111)83-49-57-87(58-50-83)137(88-59-51-84(52-60-88)106-113-97(131(37-5,38-6)77-123(113,21)22)72-98-114(106)124(23,24)78-132(98,39-7)40-8)91-65-67-93(103(139)69-91)109-119(141)110(120(109)142)94-68-66-92(70-104(94)140)138(89-61-53-85(54-62-89)107-115-99(133(41-9,42-10)79-125(115,25)26)73-100-116(107)126(27,28)80-134(100,43-11)44-12)90-63-55-86(56-64-90)108-117-101(135(45-13,46-14)81-127(117,29)30)74-102-118(108)128(31,32)82-136(102,47-15)48-16/h49-74,139-142H,33-48,75-82H2,1-32H3. The highest BCUT2D eigenvalue weighted by Gasteiger charge is 2.61. The molecule has 10 aromatic carbocycles. The van der Waals surface area contributed by atoms with Gasteiger partial charge in [-0.1, -0.05) is 294 Å². The molecule has 19 rings (SSSR count). The van der Waals surface area contributed by atoms with Gasteiger partial charge in [-0.25, -0.2) is 0 Å². The molecule has 0 heterocycles. The first kappa shape index (κ1) is 101. The summed E-state index contributed by atoms with van der Waals surface area (Å²) in [6.45, 7) is 79.1. The fraction of sp³-hybridized carbons (Fsp3) is 0.529. The summed E-state index contributed by atoms with van der Waals surface area (Å²) < 4.78 is 0. The number of phenols is 2. The maximum absolute atomic E-state index is 13.0. The van der Waals surface area contributed by atoms with Crippen molar-refractivity contribution in [2.45, 2.75) is 462 Å². The van der Waals surface area contributed by atoms with Gasteiger partial charge in [0, 0.05) is 57.4 Å². The van der Waals surface area contributed by atoms with Crippen LogP contribution in [0.15, 0.2) is 169 Å². The number of hydrogen-bond acceptors (Lipinski definition) is 6. The molecule has 0 amide bonds. The van der Waals surface area contributed by atoms with Gasteiger partial charge in [0.2, 0.25) is 0 Å². The van der Waals surface area contributed by atoms with E-state index in [1.54, 1.807) is 56.6 Å². The third-order valence-corrected chi connectivity index (χ3v) is 42.0. The number of anilines is 6. The zero-order chi connectivity index (χ0) is 102. The van der Waals surface area contributed by atoms with Crippen molar-refractivity contribution >= 4 is 45.3 Å². The number of allylic oxidation sites excluding steroid dienone is 2. The van der Waals surface area contributed by atoms with Gasteiger partial charge >= 0.3 is 0 Å². The van der Waals surface area contributed by atoms with Crippen LogP contribution in [-0.2, 0) is 86.6 Å². The number of phenolic OH excluding ortho intramolecular Hbond substituents is 2. The van der Waals surface area contributed by atoms with Gasteiger partial charge in [-0.15, -0.1) is 0 Å². The van der Waals surface area contributed by atoms with E-state index in [0.29, 0.717) is 0 Å². The predicted octanol–water partition coefficient (Wildman–Crippen LogP) is 38.9. The first-order valence-corrected chi connectivity index (χ1v) is 56.4. The summed E-state index contributed by atoms with van der Waals surface area (Å²) in [6, 6.07) is 60.0. The second-order valence-corrected chi connectivity index (χ2v) is 52.5. The highest BCUT2D eigenvalue weighted by atomic mass is 16.3. The van der Waals surface area contributed by atoms with E-state index in [-0.39, 0.29) is 132 Å².